The van der Waals surface area contributed by atoms with E-state index in [4.69, 9.17) is 14.2 Å². The molecule has 8 heteroatoms. The van der Waals surface area contributed by atoms with Crippen LogP contribution in [0.2, 0.25) is 0 Å². The summed E-state index contributed by atoms with van der Waals surface area (Å²) in [5, 5.41) is 0. The molecule has 0 saturated carbocycles. The fourth-order valence-corrected chi connectivity index (χ4v) is 4.15. The van der Waals surface area contributed by atoms with E-state index in [-0.39, 0.29) is 31.8 Å². The summed E-state index contributed by atoms with van der Waals surface area (Å²) in [7, 11) is 0. The number of thiazole rings is 1. The molecule has 1 aliphatic rings. The van der Waals surface area contributed by atoms with Gasteiger partial charge in [-0.2, -0.15) is 4.99 Å². The Balaban J connectivity index is 1.67. The third kappa shape index (κ3) is 4.32. The van der Waals surface area contributed by atoms with Gasteiger partial charge in [-0.25, -0.2) is 0 Å². The fourth-order valence-electron chi connectivity index (χ4n) is 3.09. The predicted molar refractivity (Wildman–Crippen MR) is 108 cm³/mol. The molecule has 0 unspecified atom stereocenters. The Morgan fingerprint density at radius 2 is 1.93 bits per heavy atom. The van der Waals surface area contributed by atoms with E-state index in [1.165, 1.54) is 11.3 Å². The minimum absolute atomic E-state index is 0.0295. The maximum atomic E-state index is 12.5. The molecule has 1 aromatic heterocycles. The van der Waals surface area contributed by atoms with Crippen molar-refractivity contribution >= 4 is 33.4 Å². The van der Waals surface area contributed by atoms with E-state index in [1.54, 1.807) is 17.6 Å². The lowest BCUT2D eigenvalue weighted by Crippen LogP contribution is -2.23. The van der Waals surface area contributed by atoms with Crippen LogP contribution in [-0.4, -0.2) is 29.8 Å². The molecule has 150 valence electrons. The van der Waals surface area contributed by atoms with Gasteiger partial charge in [0.25, 0.3) is 0 Å². The molecule has 0 fully saturated rings. The third-order valence-corrected chi connectivity index (χ3v) is 5.50. The monoisotopic (exact) mass is 412 g/mol. The highest BCUT2D eigenvalue weighted by molar-refractivity contribution is 7.16. The molecule has 1 aliphatic heterocycles. The zero-order valence-electron chi connectivity index (χ0n) is 15.9. The Morgan fingerprint density at radius 3 is 2.69 bits per heavy atom. The summed E-state index contributed by atoms with van der Waals surface area (Å²) in [6, 6.07) is 13.4. The number of esters is 1. The second-order valence-electron chi connectivity index (χ2n) is 6.44. The van der Waals surface area contributed by atoms with Crippen molar-refractivity contribution in [2.75, 3.05) is 13.4 Å². The highest BCUT2D eigenvalue weighted by Crippen LogP contribution is 2.37. The number of benzene rings is 2. The first-order chi connectivity index (χ1) is 14.1. The van der Waals surface area contributed by atoms with Crippen LogP contribution >= 0.6 is 11.3 Å². The summed E-state index contributed by atoms with van der Waals surface area (Å²) in [6.07, 6.45) is 0.905. The van der Waals surface area contributed by atoms with Gasteiger partial charge in [-0.15, -0.1) is 0 Å². The SMILES string of the molecule is CCOC(=O)Cn1c(=NC(=O)CCc2ccccc2)sc2cc3c(cc21)OCO3. The number of carbonyl (C=O) groups is 2. The molecule has 0 bridgehead atoms. The Kier molecular flexibility index (Phi) is 5.62. The van der Waals surface area contributed by atoms with Crippen molar-refractivity contribution < 1.29 is 23.8 Å². The van der Waals surface area contributed by atoms with Crippen LogP contribution in [0.15, 0.2) is 47.5 Å². The van der Waals surface area contributed by atoms with E-state index >= 15 is 0 Å². The van der Waals surface area contributed by atoms with Crippen LogP contribution in [0.25, 0.3) is 10.2 Å². The number of aromatic nitrogens is 1. The van der Waals surface area contributed by atoms with Crippen LogP contribution in [0.3, 0.4) is 0 Å². The van der Waals surface area contributed by atoms with Crippen molar-refractivity contribution in [3.63, 3.8) is 0 Å². The minimum Gasteiger partial charge on any atom is -0.465 e. The molecule has 0 saturated heterocycles. The molecule has 7 nitrogen and oxygen atoms in total. The smallest absolute Gasteiger partial charge is 0.326 e. The molecular formula is C21H20N2O5S. The van der Waals surface area contributed by atoms with Crippen LogP contribution in [-0.2, 0) is 27.3 Å². The minimum atomic E-state index is -0.386. The van der Waals surface area contributed by atoms with E-state index < -0.39 is 0 Å². The largest absolute Gasteiger partial charge is 0.465 e. The number of rotatable bonds is 6. The predicted octanol–water partition coefficient (Wildman–Crippen LogP) is 3.05. The topological polar surface area (TPSA) is 79.1 Å². The van der Waals surface area contributed by atoms with Crippen molar-refractivity contribution in [2.45, 2.75) is 26.3 Å². The van der Waals surface area contributed by atoms with Gasteiger partial charge in [0.05, 0.1) is 16.8 Å². The lowest BCUT2D eigenvalue weighted by Gasteiger charge is -2.05. The molecule has 0 aliphatic carbocycles. The van der Waals surface area contributed by atoms with Crippen molar-refractivity contribution in [2.24, 2.45) is 4.99 Å². The molecule has 4 rings (SSSR count). The Labute approximate surface area is 171 Å². The molecule has 2 aromatic carbocycles. The molecular weight excluding hydrogens is 392 g/mol. The first-order valence-electron chi connectivity index (χ1n) is 9.34. The normalized spacial score (nSPS) is 13.1. The van der Waals surface area contributed by atoms with Gasteiger partial charge in [0.1, 0.15) is 6.54 Å². The van der Waals surface area contributed by atoms with Gasteiger partial charge >= 0.3 is 5.97 Å². The number of hydrogen-bond donors (Lipinski definition) is 0. The standard InChI is InChI=1S/C21H20N2O5S/c1-2-26-20(25)12-23-15-10-16-17(28-13-27-16)11-18(15)29-21(23)22-19(24)9-8-14-6-4-3-5-7-14/h3-7,10-11H,2,8-9,12-13H2,1H3. The number of carbonyl (C=O) groups excluding carboxylic acids is 2. The van der Waals surface area contributed by atoms with Crippen molar-refractivity contribution in [3.05, 3.63) is 52.8 Å². The van der Waals surface area contributed by atoms with E-state index in [0.29, 0.717) is 29.1 Å². The summed E-state index contributed by atoms with van der Waals surface area (Å²) in [6.45, 7) is 2.18. The van der Waals surface area contributed by atoms with Crippen molar-refractivity contribution in [1.29, 1.82) is 0 Å². The van der Waals surface area contributed by atoms with Gasteiger partial charge in [0.2, 0.25) is 12.7 Å². The molecule has 29 heavy (non-hydrogen) atoms. The van der Waals surface area contributed by atoms with Crippen molar-refractivity contribution in [3.8, 4) is 11.5 Å². The molecule has 0 radical (unpaired) electrons. The number of ether oxygens (including phenoxy) is 3. The molecule has 0 atom stereocenters. The van der Waals surface area contributed by atoms with Gasteiger partial charge < -0.3 is 18.8 Å². The summed E-state index contributed by atoms with van der Waals surface area (Å²) in [5.74, 6) is 0.625. The number of hydrogen-bond acceptors (Lipinski definition) is 6. The average molecular weight is 412 g/mol. The zero-order chi connectivity index (χ0) is 20.2. The zero-order valence-corrected chi connectivity index (χ0v) is 16.7. The van der Waals surface area contributed by atoms with Gasteiger partial charge in [-0.3, -0.25) is 9.59 Å². The Bertz CT molecular complexity index is 1120. The van der Waals surface area contributed by atoms with E-state index in [0.717, 1.165) is 15.8 Å². The quantitative estimate of drug-likeness (QED) is 0.582. The summed E-state index contributed by atoms with van der Waals surface area (Å²) < 4.78 is 18.5. The molecule has 1 amide bonds. The molecule has 0 spiro atoms. The maximum Gasteiger partial charge on any atom is 0.326 e. The van der Waals surface area contributed by atoms with Crippen molar-refractivity contribution in [1.82, 2.24) is 4.57 Å². The first-order valence-corrected chi connectivity index (χ1v) is 10.2. The Hall–Kier alpha value is -3.13. The highest BCUT2D eigenvalue weighted by Gasteiger charge is 2.19. The van der Waals surface area contributed by atoms with Crippen LogP contribution in [0.4, 0.5) is 0 Å². The Morgan fingerprint density at radius 1 is 1.17 bits per heavy atom. The van der Waals surface area contributed by atoms with E-state index in [2.05, 4.69) is 4.99 Å². The molecule has 0 N–H and O–H groups in total. The highest BCUT2D eigenvalue weighted by atomic mass is 32.1. The fraction of sp³-hybridized carbons (Fsp3) is 0.286. The number of aryl methyl sites for hydroxylation is 1. The molecule has 2 heterocycles. The number of nitrogens with zero attached hydrogens (tertiary/aromatic N) is 2. The second-order valence-corrected chi connectivity index (χ2v) is 7.45. The van der Waals surface area contributed by atoms with E-state index in [1.807, 2.05) is 36.4 Å². The lowest BCUT2D eigenvalue weighted by molar-refractivity contribution is -0.143. The van der Waals surface area contributed by atoms with Gasteiger partial charge in [0, 0.05) is 18.6 Å². The third-order valence-electron chi connectivity index (χ3n) is 4.46. The van der Waals surface area contributed by atoms with Crippen LogP contribution in [0, 0.1) is 0 Å². The van der Waals surface area contributed by atoms with E-state index in [9.17, 15) is 9.59 Å². The average Bonchev–Trinajstić information content (AvgIpc) is 3.30. The summed E-state index contributed by atoms with van der Waals surface area (Å²) in [5.41, 5.74) is 1.83. The summed E-state index contributed by atoms with van der Waals surface area (Å²) in [4.78, 5) is 29.3. The second kappa shape index (κ2) is 8.48. The lowest BCUT2D eigenvalue weighted by atomic mass is 10.1. The van der Waals surface area contributed by atoms with Crippen LogP contribution < -0.4 is 14.3 Å². The molecule has 3 aromatic rings. The van der Waals surface area contributed by atoms with Gasteiger partial charge in [-0.1, -0.05) is 41.7 Å². The first kappa shape index (κ1) is 19.2. The van der Waals surface area contributed by atoms with Crippen LogP contribution in [0.1, 0.15) is 18.9 Å². The van der Waals surface area contributed by atoms with Gasteiger partial charge in [0.15, 0.2) is 16.3 Å². The van der Waals surface area contributed by atoms with Crippen LogP contribution in [0.5, 0.6) is 11.5 Å². The maximum absolute atomic E-state index is 12.5. The number of fused-ring (bicyclic) bond motifs is 2. The summed E-state index contributed by atoms with van der Waals surface area (Å²) >= 11 is 1.33. The number of amides is 1. The van der Waals surface area contributed by atoms with Gasteiger partial charge in [-0.05, 0) is 18.9 Å².